The third-order valence-electron chi connectivity index (χ3n) is 2.42. The first-order valence-corrected chi connectivity index (χ1v) is 5.93. The second-order valence-electron chi connectivity index (χ2n) is 3.63. The third-order valence-corrected chi connectivity index (χ3v) is 2.76. The van der Waals surface area contributed by atoms with Crippen LogP contribution in [0.2, 0.25) is 5.02 Å². The summed E-state index contributed by atoms with van der Waals surface area (Å²) in [4.78, 5) is 23.0. The summed E-state index contributed by atoms with van der Waals surface area (Å²) >= 11 is 5.76. The van der Waals surface area contributed by atoms with Crippen molar-refractivity contribution in [2.75, 3.05) is 19.8 Å². The Morgan fingerprint density at radius 3 is 2.79 bits per heavy atom. The van der Waals surface area contributed by atoms with Gasteiger partial charge in [0.2, 0.25) is 0 Å². The van der Waals surface area contributed by atoms with Crippen molar-refractivity contribution in [2.24, 2.45) is 0 Å². The van der Waals surface area contributed by atoms with Gasteiger partial charge in [-0.05, 0) is 13.0 Å². The van der Waals surface area contributed by atoms with Gasteiger partial charge >= 0.3 is 5.97 Å². The van der Waals surface area contributed by atoms with Crippen LogP contribution in [0.4, 0.5) is 4.39 Å². The number of esters is 1. The number of benzene rings is 1. The van der Waals surface area contributed by atoms with Crippen LogP contribution in [0.25, 0.3) is 0 Å². The Bertz CT molecular complexity index is 543. The van der Waals surface area contributed by atoms with Crippen molar-refractivity contribution in [2.45, 2.75) is 6.92 Å². The van der Waals surface area contributed by atoms with Crippen LogP contribution in [-0.2, 0) is 9.53 Å². The van der Waals surface area contributed by atoms with Crippen molar-refractivity contribution in [1.82, 2.24) is 0 Å². The molecular weight excluding hydrogens is 279 g/mol. The van der Waals surface area contributed by atoms with Crippen LogP contribution in [0, 0.1) is 5.82 Å². The summed E-state index contributed by atoms with van der Waals surface area (Å²) in [5.74, 6) is -3.12. The molecule has 0 spiro atoms. The average Bonchev–Trinajstić information content (AvgIpc) is 2.42. The highest BCUT2D eigenvalue weighted by molar-refractivity contribution is 6.41. The van der Waals surface area contributed by atoms with Gasteiger partial charge in [-0.2, -0.15) is 0 Å². The largest absolute Gasteiger partial charge is 0.486 e. The number of ether oxygens (including phenoxy) is 3. The molecule has 2 rings (SSSR count). The maximum absolute atomic E-state index is 13.9. The normalized spacial score (nSPS) is 13.0. The summed E-state index contributed by atoms with van der Waals surface area (Å²) in [6.07, 6.45) is 0. The molecule has 7 heteroatoms. The van der Waals surface area contributed by atoms with Crippen molar-refractivity contribution >= 4 is 23.4 Å². The Morgan fingerprint density at radius 2 is 2.11 bits per heavy atom. The number of hydrogen-bond donors (Lipinski definition) is 0. The summed E-state index contributed by atoms with van der Waals surface area (Å²) in [6, 6.07) is 1.09. The van der Waals surface area contributed by atoms with E-state index in [1.807, 2.05) is 0 Å². The van der Waals surface area contributed by atoms with Crippen molar-refractivity contribution in [1.29, 1.82) is 0 Å². The number of carbonyl (C=O) groups excluding carboxylic acids is 2. The van der Waals surface area contributed by atoms with Crippen molar-refractivity contribution in [3.8, 4) is 11.5 Å². The molecular formula is C12H10ClFO5. The van der Waals surface area contributed by atoms with Crippen molar-refractivity contribution < 1.29 is 28.2 Å². The first-order valence-electron chi connectivity index (χ1n) is 5.55. The lowest BCUT2D eigenvalue weighted by Crippen LogP contribution is -2.21. The number of fused-ring (bicyclic) bond motifs is 1. The van der Waals surface area contributed by atoms with E-state index >= 15 is 0 Å². The van der Waals surface area contributed by atoms with Crippen LogP contribution in [0.1, 0.15) is 17.3 Å². The van der Waals surface area contributed by atoms with Crippen LogP contribution in [0.3, 0.4) is 0 Å². The minimum atomic E-state index is -1.14. The predicted molar refractivity (Wildman–Crippen MR) is 63.4 cm³/mol. The minimum Gasteiger partial charge on any atom is -0.486 e. The second kappa shape index (κ2) is 5.44. The standard InChI is InChI=1S/C12H10ClFO5/c1-2-17-12(16)10(15)6-5-7-11(8(13)9(6)14)19-4-3-18-7/h5H,2-4H2,1H3. The molecule has 1 heterocycles. The topological polar surface area (TPSA) is 61.8 Å². The van der Waals surface area contributed by atoms with E-state index in [2.05, 4.69) is 4.74 Å². The van der Waals surface area contributed by atoms with Gasteiger partial charge in [-0.3, -0.25) is 4.79 Å². The molecule has 5 nitrogen and oxygen atoms in total. The molecule has 0 amide bonds. The molecule has 0 bridgehead atoms. The van der Waals surface area contributed by atoms with Gasteiger partial charge in [0.25, 0.3) is 5.78 Å². The van der Waals surface area contributed by atoms with Crippen LogP contribution >= 0.6 is 11.6 Å². The number of hydrogen-bond acceptors (Lipinski definition) is 5. The van der Waals surface area contributed by atoms with Gasteiger partial charge in [-0.1, -0.05) is 11.6 Å². The van der Waals surface area contributed by atoms with E-state index in [1.165, 1.54) is 0 Å². The number of halogens is 2. The van der Waals surface area contributed by atoms with Crippen molar-refractivity contribution in [3.63, 3.8) is 0 Å². The summed E-state index contributed by atoms with van der Waals surface area (Å²) in [5, 5.41) is -0.384. The van der Waals surface area contributed by atoms with Gasteiger partial charge in [0.05, 0.1) is 12.2 Å². The van der Waals surface area contributed by atoms with Crippen molar-refractivity contribution in [3.05, 3.63) is 22.5 Å². The molecule has 1 aliphatic rings. The zero-order valence-corrected chi connectivity index (χ0v) is 10.8. The Kier molecular flexibility index (Phi) is 3.90. The number of Topliss-reactive ketones (excluding diaryl/α,β-unsaturated/α-hetero) is 1. The molecule has 102 valence electrons. The van der Waals surface area contributed by atoms with Gasteiger partial charge in [0.1, 0.15) is 18.2 Å². The van der Waals surface area contributed by atoms with E-state index in [0.29, 0.717) is 0 Å². The Balaban J connectivity index is 2.44. The van der Waals surface area contributed by atoms with Crippen LogP contribution in [0.5, 0.6) is 11.5 Å². The van der Waals surface area contributed by atoms with Crippen LogP contribution in [0.15, 0.2) is 6.07 Å². The number of rotatable bonds is 3. The van der Waals surface area contributed by atoms with E-state index in [-0.39, 0.29) is 36.3 Å². The second-order valence-corrected chi connectivity index (χ2v) is 4.00. The predicted octanol–water partition coefficient (Wildman–Crippen LogP) is 2.00. The zero-order valence-electron chi connectivity index (χ0n) is 10.00. The molecule has 0 unspecified atom stereocenters. The summed E-state index contributed by atoms with van der Waals surface area (Å²) in [6.45, 7) is 2.04. The average molecular weight is 289 g/mol. The van der Waals surface area contributed by atoms with Gasteiger partial charge in [0, 0.05) is 0 Å². The molecule has 0 N–H and O–H groups in total. The first kappa shape index (κ1) is 13.6. The van der Waals surface area contributed by atoms with Gasteiger partial charge in [0.15, 0.2) is 17.3 Å². The fourth-order valence-corrected chi connectivity index (χ4v) is 1.84. The molecule has 0 radical (unpaired) electrons. The lowest BCUT2D eigenvalue weighted by molar-refractivity contribution is -0.137. The Morgan fingerprint density at radius 1 is 1.42 bits per heavy atom. The lowest BCUT2D eigenvalue weighted by Gasteiger charge is -2.20. The molecule has 1 aromatic rings. The SMILES string of the molecule is CCOC(=O)C(=O)c1cc2c(c(Cl)c1F)OCCO2. The molecule has 1 aliphatic heterocycles. The van der Waals surface area contributed by atoms with Crippen LogP contribution < -0.4 is 9.47 Å². The molecule has 0 aliphatic carbocycles. The van der Waals surface area contributed by atoms with Crippen LogP contribution in [-0.4, -0.2) is 31.6 Å². The van der Waals surface area contributed by atoms with E-state index in [9.17, 15) is 14.0 Å². The third kappa shape index (κ3) is 2.49. The van der Waals surface area contributed by atoms with E-state index < -0.39 is 23.1 Å². The molecule has 1 aromatic carbocycles. The van der Waals surface area contributed by atoms with Gasteiger partial charge in [-0.25, -0.2) is 9.18 Å². The Hall–Kier alpha value is -1.82. The number of ketones is 1. The lowest BCUT2D eigenvalue weighted by atomic mass is 10.1. The maximum atomic E-state index is 13.9. The fraction of sp³-hybridized carbons (Fsp3) is 0.333. The zero-order chi connectivity index (χ0) is 14.0. The fourth-order valence-electron chi connectivity index (χ4n) is 1.59. The maximum Gasteiger partial charge on any atom is 0.379 e. The smallest absolute Gasteiger partial charge is 0.379 e. The molecule has 0 atom stereocenters. The highest BCUT2D eigenvalue weighted by Gasteiger charge is 2.28. The summed E-state index contributed by atoms with van der Waals surface area (Å²) in [5.41, 5.74) is -0.493. The molecule has 0 saturated heterocycles. The molecule has 19 heavy (non-hydrogen) atoms. The minimum absolute atomic E-state index is 0.0183. The first-order chi connectivity index (χ1) is 9.06. The van der Waals surface area contributed by atoms with E-state index in [0.717, 1.165) is 6.07 Å². The Labute approximate surface area is 113 Å². The van der Waals surface area contributed by atoms with Gasteiger partial charge in [-0.15, -0.1) is 0 Å². The number of carbonyl (C=O) groups is 2. The summed E-state index contributed by atoms with van der Waals surface area (Å²) < 4.78 is 28.8. The molecule has 0 saturated carbocycles. The summed E-state index contributed by atoms with van der Waals surface area (Å²) in [7, 11) is 0. The quantitative estimate of drug-likeness (QED) is 0.483. The highest BCUT2D eigenvalue weighted by Crippen LogP contribution is 2.40. The highest BCUT2D eigenvalue weighted by atomic mass is 35.5. The molecule has 0 fully saturated rings. The molecule has 0 aromatic heterocycles. The van der Waals surface area contributed by atoms with E-state index in [4.69, 9.17) is 21.1 Å². The van der Waals surface area contributed by atoms with E-state index in [1.54, 1.807) is 6.92 Å². The monoisotopic (exact) mass is 288 g/mol. The van der Waals surface area contributed by atoms with Gasteiger partial charge < -0.3 is 14.2 Å².